The Kier molecular flexibility index (Phi) is 6.19. The monoisotopic (exact) mass is 318 g/mol. The van der Waals surface area contributed by atoms with Gasteiger partial charge in [-0.15, -0.1) is 0 Å². The highest BCUT2D eigenvalue weighted by atomic mass is 16.5. The molecule has 0 bridgehead atoms. The Morgan fingerprint density at radius 3 is 2.52 bits per heavy atom. The number of aryl methyl sites for hydroxylation is 1. The fourth-order valence-electron chi connectivity index (χ4n) is 3.72. The average Bonchev–Trinajstić information content (AvgIpc) is 2.96. The van der Waals surface area contributed by atoms with Gasteiger partial charge in [-0.2, -0.15) is 0 Å². The molecule has 23 heavy (non-hydrogen) atoms. The van der Waals surface area contributed by atoms with Crippen LogP contribution in [0, 0.1) is 12.3 Å². The zero-order valence-corrected chi connectivity index (χ0v) is 14.9. The molecule has 0 aromatic heterocycles. The van der Waals surface area contributed by atoms with Crippen LogP contribution in [-0.2, 0) is 9.53 Å². The highest BCUT2D eigenvalue weighted by Gasteiger charge is 2.35. The maximum absolute atomic E-state index is 12.8. The molecule has 2 rings (SSSR count). The summed E-state index contributed by atoms with van der Waals surface area (Å²) in [6, 6.07) is 7.85. The SMILES string of the molecule is COCC1(CNC(=O)[C@@H](c2ccccc2C)N(C)C)CCCC1. The van der Waals surface area contributed by atoms with Crippen molar-refractivity contribution in [3.8, 4) is 0 Å². The van der Waals surface area contributed by atoms with Gasteiger partial charge in [0.1, 0.15) is 6.04 Å². The summed E-state index contributed by atoms with van der Waals surface area (Å²) >= 11 is 0. The highest BCUT2D eigenvalue weighted by Crippen LogP contribution is 2.37. The van der Waals surface area contributed by atoms with E-state index in [0.717, 1.165) is 30.6 Å². The third-order valence-corrected chi connectivity index (χ3v) is 5.00. The van der Waals surface area contributed by atoms with Gasteiger partial charge < -0.3 is 10.1 Å². The van der Waals surface area contributed by atoms with Crippen LogP contribution in [0.5, 0.6) is 0 Å². The molecule has 0 saturated heterocycles. The van der Waals surface area contributed by atoms with Crippen LogP contribution in [-0.4, -0.2) is 45.2 Å². The maximum atomic E-state index is 12.8. The Hall–Kier alpha value is -1.39. The van der Waals surface area contributed by atoms with Gasteiger partial charge in [0, 0.05) is 19.1 Å². The standard InChI is InChI=1S/C19H30N2O2/c1-15-9-5-6-10-16(15)17(21(2)3)18(22)20-13-19(14-23-4)11-7-8-12-19/h5-6,9-10,17H,7-8,11-14H2,1-4H3,(H,20,22)/t17-/m1/s1. The van der Waals surface area contributed by atoms with Crippen LogP contribution in [0.2, 0.25) is 0 Å². The van der Waals surface area contributed by atoms with Crippen LogP contribution in [0.15, 0.2) is 24.3 Å². The van der Waals surface area contributed by atoms with E-state index in [1.165, 1.54) is 12.8 Å². The van der Waals surface area contributed by atoms with Gasteiger partial charge in [-0.25, -0.2) is 0 Å². The summed E-state index contributed by atoms with van der Waals surface area (Å²) in [5.41, 5.74) is 2.34. The lowest BCUT2D eigenvalue weighted by Crippen LogP contribution is -2.43. The number of methoxy groups -OCH3 is 1. The van der Waals surface area contributed by atoms with E-state index in [2.05, 4.69) is 18.3 Å². The number of hydrogen-bond acceptors (Lipinski definition) is 3. The van der Waals surface area contributed by atoms with Crippen LogP contribution >= 0.6 is 0 Å². The first-order valence-electron chi connectivity index (χ1n) is 8.48. The maximum Gasteiger partial charge on any atom is 0.241 e. The van der Waals surface area contributed by atoms with Crippen molar-refractivity contribution in [1.82, 2.24) is 10.2 Å². The smallest absolute Gasteiger partial charge is 0.241 e. The number of ether oxygens (including phenoxy) is 1. The second-order valence-electron chi connectivity index (χ2n) is 7.08. The minimum atomic E-state index is -0.253. The normalized spacial score (nSPS) is 18.1. The number of rotatable bonds is 7. The molecule has 1 aliphatic carbocycles. The molecule has 1 amide bonds. The Balaban J connectivity index is 2.09. The van der Waals surface area contributed by atoms with Gasteiger partial charge in [0.15, 0.2) is 0 Å². The van der Waals surface area contributed by atoms with Crippen molar-refractivity contribution in [2.45, 2.75) is 38.6 Å². The van der Waals surface area contributed by atoms with Crippen LogP contribution in [0.25, 0.3) is 0 Å². The zero-order valence-electron chi connectivity index (χ0n) is 14.9. The lowest BCUT2D eigenvalue weighted by molar-refractivity contribution is -0.126. The minimum absolute atomic E-state index is 0.0756. The molecule has 0 spiro atoms. The summed E-state index contributed by atoms with van der Waals surface area (Å²) in [4.78, 5) is 14.8. The summed E-state index contributed by atoms with van der Waals surface area (Å²) < 4.78 is 5.41. The van der Waals surface area contributed by atoms with Crippen LogP contribution in [0.3, 0.4) is 0 Å². The van der Waals surface area contributed by atoms with Gasteiger partial charge in [-0.05, 0) is 45.0 Å². The molecule has 1 fully saturated rings. The van der Waals surface area contributed by atoms with Gasteiger partial charge in [0.25, 0.3) is 0 Å². The van der Waals surface area contributed by atoms with Crippen molar-refractivity contribution in [3.63, 3.8) is 0 Å². The molecule has 1 aromatic rings. The number of benzene rings is 1. The number of amides is 1. The Labute approximate surface area is 140 Å². The minimum Gasteiger partial charge on any atom is -0.384 e. The predicted molar refractivity (Wildman–Crippen MR) is 93.4 cm³/mol. The summed E-state index contributed by atoms with van der Waals surface area (Å²) in [7, 11) is 5.66. The first-order chi connectivity index (χ1) is 11.0. The Morgan fingerprint density at radius 2 is 1.96 bits per heavy atom. The topological polar surface area (TPSA) is 41.6 Å². The molecule has 1 atom stereocenters. The van der Waals surface area contributed by atoms with Crippen molar-refractivity contribution < 1.29 is 9.53 Å². The lowest BCUT2D eigenvalue weighted by atomic mass is 9.87. The van der Waals surface area contributed by atoms with Crippen LogP contribution in [0.4, 0.5) is 0 Å². The van der Waals surface area contributed by atoms with E-state index < -0.39 is 0 Å². The van der Waals surface area contributed by atoms with Gasteiger partial charge >= 0.3 is 0 Å². The zero-order chi connectivity index (χ0) is 16.9. The quantitative estimate of drug-likeness (QED) is 0.840. The number of hydrogen-bond donors (Lipinski definition) is 1. The molecule has 4 heteroatoms. The van der Waals surface area contributed by atoms with Crippen molar-refractivity contribution in [1.29, 1.82) is 0 Å². The number of likely N-dealkylation sites (N-methyl/N-ethyl adjacent to an activating group) is 1. The van der Waals surface area contributed by atoms with Gasteiger partial charge in [-0.1, -0.05) is 37.1 Å². The van der Waals surface area contributed by atoms with Crippen molar-refractivity contribution in [3.05, 3.63) is 35.4 Å². The summed E-state index contributed by atoms with van der Waals surface area (Å²) in [5, 5.41) is 3.20. The van der Waals surface area contributed by atoms with Gasteiger partial charge in [-0.3, -0.25) is 9.69 Å². The first kappa shape index (κ1) is 18.0. The third-order valence-electron chi connectivity index (χ3n) is 5.00. The number of carbonyl (C=O) groups is 1. The fraction of sp³-hybridized carbons (Fsp3) is 0.632. The third kappa shape index (κ3) is 4.33. The number of nitrogens with one attached hydrogen (secondary N) is 1. The van der Waals surface area contributed by atoms with E-state index in [4.69, 9.17) is 4.74 Å². The molecule has 0 heterocycles. The molecule has 1 saturated carbocycles. The summed E-state index contributed by atoms with van der Waals surface area (Å²) in [5.74, 6) is 0.0756. The average molecular weight is 318 g/mol. The molecule has 4 nitrogen and oxygen atoms in total. The van der Waals surface area contributed by atoms with Crippen molar-refractivity contribution >= 4 is 5.91 Å². The van der Waals surface area contributed by atoms with Crippen LogP contribution < -0.4 is 5.32 Å². The van der Waals surface area contributed by atoms with Crippen molar-refractivity contribution in [2.24, 2.45) is 5.41 Å². The van der Waals surface area contributed by atoms with E-state index in [0.29, 0.717) is 6.54 Å². The first-order valence-corrected chi connectivity index (χ1v) is 8.48. The van der Waals surface area contributed by atoms with Crippen LogP contribution in [0.1, 0.15) is 42.9 Å². The molecular weight excluding hydrogens is 288 g/mol. The number of carbonyl (C=O) groups excluding carboxylic acids is 1. The molecule has 128 valence electrons. The van der Waals surface area contributed by atoms with Gasteiger partial charge in [0.05, 0.1) is 6.61 Å². The Bertz CT molecular complexity index is 522. The van der Waals surface area contributed by atoms with E-state index in [-0.39, 0.29) is 17.4 Å². The fourth-order valence-corrected chi connectivity index (χ4v) is 3.72. The second-order valence-corrected chi connectivity index (χ2v) is 7.08. The highest BCUT2D eigenvalue weighted by molar-refractivity contribution is 5.83. The number of nitrogens with zero attached hydrogens (tertiary/aromatic N) is 1. The Morgan fingerprint density at radius 1 is 1.30 bits per heavy atom. The van der Waals surface area contributed by atoms with E-state index in [1.54, 1.807) is 7.11 Å². The van der Waals surface area contributed by atoms with Crippen molar-refractivity contribution in [2.75, 3.05) is 34.4 Å². The van der Waals surface area contributed by atoms with E-state index in [9.17, 15) is 4.79 Å². The molecular formula is C19H30N2O2. The second kappa shape index (κ2) is 7.93. The van der Waals surface area contributed by atoms with E-state index >= 15 is 0 Å². The molecule has 1 aliphatic rings. The predicted octanol–water partition coefficient (Wildman–Crippen LogP) is 2.92. The largest absolute Gasteiger partial charge is 0.384 e. The molecule has 0 radical (unpaired) electrons. The molecule has 1 N–H and O–H groups in total. The lowest BCUT2D eigenvalue weighted by Gasteiger charge is -2.31. The summed E-state index contributed by atoms with van der Waals surface area (Å²) in [6.45, 7) is 3.49. The molecule has 0 aliphatic heterocycles. The van der Waals surface area contributed by atoms with Gasteiger partial charge in [0.2, 0.25) is 5.91 Å². The molecule has 1 aromatic carbocycles. The molecule has 0 unspecified atom stereocenters. The summed E-state index contributed by atoms with van der Waals surface area (Å²) in [6.07, 6.45) is 4.73. The van der Waals surface area contributed by atoms with E-state index in [1.807, 2.05) is 37.2 Å².